The van der Waals surface area contributed by atoms with Crippen LogP contribution in [0, 0.1) is 11.8 Å². The highest BCUT2D eigenvalue weighted by Gasteiger charge is 2.45. The molecule has 0 aromatic heterocycles. The van der Waals surface area contributed by atoms with Crippen LogP contribution in [0.3, 0.4) is 0 Å². The molecule has 1 aromatic carbocycles. The molecule has 6 nitrogen and oxygen atoms in total. The topological polar surface area (TPSA) is 89.7 Å². The van der Waals surface area contributed by atoms with Crippen LogP contribution in [0.1, 0.15) is 23.2 Å². The summed E-state index contributed by atoms with van der Waals surface area (Å²) in [4.78, 5) is 11.7. The standard InChI is InChI=1S/C15H20N2O4S.ClH/c1-21-15(18)10-3-2-4-12(7-10)22(19,20)17-8-11-5-6-14(16)13(11)9-17;/h2-4,7,11,13-14H,5-6,8-9,16H2,1H3;1H. The van der Waals surface area contributed by atoms with Crippen LogP contribution in [0.2, 0.25) is 0 Å². The van der Waals surface area contributed by atoms with E-state index in [1.807, 2.05) is 0 Å². The highest BCUT2D eigenvalue weighted by atomic mass is 35.5. The third-order valence-corrected chi connectivity index (χ3v) is 6.60. The molecule has 1 aliphatic heterocycles. The summed E-state index contributed by atoms with van der Waals surface area (Å²) in [6.07, 6.45) is 1.96. The van der Waals surface area contributed by atoms with Gasteiger partial charge in [0.1, 0.15) is 0 Å². The van der Waals surface area contributed by atoms with Crippen molar-refractivity contribution < 1.29 is 17.9 Å². The largest absolute Gasteiger partial charge is 0.465 e. The number of rotatable bonds is 3. The van der Waals surface area contributed by atoms with Crippen LogP contribution < -0.4 is 5.73 Å². The molecule has 0 radical (unpaired) electrons. The van der Waals surface area contributed by atoms with Gasteiger partial charge in [0.05, 0.1) is 17.6 Å². The molecule has 3 atom stereocenters. The Bertz CT molecular complexity index is 694. The molecule has 2 fully saturated rings. The number of esters is 1. The summed E-state index contributed by atoms with van der Waals surface area (Å²) in [6.45, 7) is 0.986. The summed E-state index contributed by atoms with van der Waals surface area (Å²) in [5.41, 5.74) is 6.30. The number of hydrogen-bond donors (Lipinski definition) is 1. The molecule has 0 spiro atoms. The molecular formula is C15H21ClN2O4S. The minimum Gasteiger partial charge on any atom is -0.465 e. The number of hydrogen-bond acceptors (Lipinski definition) is 5. The predicted molar refractivity (Wildman–Crippen MR) is 88.0 cm³/mol. The number of benzene rings is 1. The lowest BCUT2D eigenvalue weighted by atomic mass is 9.98. The van der Waals surface area contributed by atoms with Crippen LogP contribution in [-0.4, -0.2) is 44.9 Å². The van der Waals surface area contributed by atoms with Gasteiger partial charge in [-0.1, -0.05) is 6.07 Å². The summed E-state index contributed by atoms with van der Waals surface area (Å²) >= 11 is 0. The maximum atomic E-state index is 12.8. The minimum absolute atomic E-state index is 0. The number of sulfonamides is 1. The third-order valence-electron chi connectivity index (χ3n) is 4.77. The fraction of sp³-hybridized carbons (Fsp3) is 0.533. The number of fused-ring (bicyclic) bond motifs is 1. The molecule has 2 aliphatic rings. The summed E-state index contributed by atoms with van der Waals surface area (Å²) in [5.74, 6) is 0.0597. The van der Waals surface area contributed by atoms with Crippen molar-refractivity contribution in [3.8, 4) is 0 Å². The molecule has 2 N–H and O–H groups in total. The van der Waals surface area contributed by atoms with Crippen molar-refractivity contribution in [1.82, 2.24) is 4.31 Å². The highest BCUT2D eigenvalue weighted by molar-refractivity contribution is 7.89. The Balaban J connectivity index is 0.00000192. The Morgan fingerprint density at radius 2 is 2.04 bits per heavy atom. The van der Waals surface area contributed by atoms with E-state index in [2.05, 4.69) is 4.74 Å². The molecule has 128 valence electrons. The van der Waals surface area contributed by atoms with Gasteiger partial charge in [-0.25, -0.2) is 13.2 Å². The molecular weight excluding hydrogens is 340 g/mol. The quantitative estimate of drug-likeness (QED) is 0.819. The van der Waals surface area contributed by atoms with Crippen LogP contribution in [-0.2, 0) is 14.8 Å². The molecule has 1 saturated carbocycles. The maximum absolute atomic E-state index is 12.8. The molecule has 3 unspecified atom stereocenters. The van der Waals surface area contributed by atoms with Gasteiger partial charge in [0.15, 0.2) is 0 Å². The van der Waals surface area contributed by atoms with Crippen LogP contribution in [0.4, 0.5) is 0 Å². The van der Waals surface area contributed by atoms with Crippen molar-refractivity contribution in [2.45, 2.75) is 23.8 Å². The van der Waals surface area contributed by atoms with E-state index in [4.69, 9.17) is 5.73 Å². The van der Waals surface area contributed by atoms with Crippen molar-refractivity contribution in [2.24, 2.45) is 17.6 Å². The Morgan fingerprint density at radius 3 is 2.70 bits per heavy atom. The SMILES string of the molecule is COC(=O)c1cccc(S(=O)(=O)N2CC3CCC(N)C3C2)c1.Cl. The highest BCUT2D eigenvalue weighted by Crippen LogP contribution is 2.39. The lowest BCUT2D eigenvalue weighted by Crippen LogP contribution is -2.33. The Kier molecular flexibility index (Phi) is 5.35. The first kappa shape index (κ1) is 18.2. The lowest BCUT2D eigenvalue weighted by Gasteiger charge is -2.19. The van der Waals surface area contributed by atoms with E-state index in [0.29, 0.717) is 19.0 Å². The van der Waals surface area contributed by atoms with E-state index >= 15 is 0 Å². The Labute approximate surface area is 142 Å². The minimum atomic E-state index is -3.60. The van der Waals surface area contributed by atoms with E-state index in [1.165, 1.54) is 23.5 Å². The number of ether oxygens (including phenoxy) is 1. The summed E-state index contributed by atoms with van der Waals surface area (Å²) in [6, 6.07) is 6.07. The van der Waals surface area contributed by atoms with E-state index < -0.39 is 16.0 Å². The zero-order chi connectivity index (χ0) is 15.9. The van der Waals surface area contributed by atoms with Gasteiger partial charge in [-0.05, 0) is 42.9 Å². The van der Waals surface area contributed by atoms with E-state index in [1.54, 1.807) is 12.1 Å². The van der Waals surface area contributed by atoms with Crippen molar-refractivity contribution in [3.63, 3.8) is 0 Å². The fourth-order valence-corrected chi connectivity index (χ4v) is 5.09. The van der Waals surface area contributed by atoms with Gasteiger partial charge in [-0.2, -0.15) is 4.31 Å². The number of carbonyl (C=O) groups excluding carboxylic acids is 1. The molecule has 0 amide bonds. The van der Waals surface area contributed by atoms with Crippen molar-refractivity contribution in [2.75, 3.05) is 20.2 Å². The Morgan fingerprint density at radius 1 is 1.30 bits per heavy atom. The first-order chi connectivity index (χ1) is 10.4. The second kappa shape index (κ2) is 6.76. The summed E-state index contributed by atoms with van der Waals surface area (Å²) < 4.78 is 31.7. The van der Waals surface area contributed by atoms with Crippen LogP contribution >= 0.6 is 12.4 Å². The van der Waals surface area contributed by atoms with Crippen molar-refractivity contribution >= 4 is 28.4 Å². The number of halogens is 1. The van der Waals surface area contributed by atoms with Crippen molar-refractivity contribution in [1.29, 1.82) is 0 Å². The molecule has 3 rings (SSSR count). The van der Waals surface area contributed by atoms with Gasteiger partial charge >= 0.3 is 5.97 Å². The third kappa shape index (κ3) is 3.24. The molecule has 1 heterocycles. The zero-order valence-electron chi connectivity index (χ0n) is 12.8. The Hall–Kier alpha value is -1.15. The van der Waals surface area contributed by atoms with Gasteiger partial charge in [0, 0.05) is 19.1 Å². The number of nitrogens with two attached hydrogens (primary N) is 1. The second-order valence-electron chi connectivity index (χ2n) is 6.01. The first-order valence-electron chi connectivity index (χ1n) is 7.37. The molecule has 8 heteroatoms. The summed E-state index contributed by atoms with van der Waals surface area (Å²) in [7, 11) is -2.33. The van der Waals surface area contributed by atoms with E-state index in [-0.39, 0.29) is 34.8 Å². The number of carbonyl (C=O) groups is 1. The lowest BCUT2D eigenvalue weighted by molar-refractivity contribution is 0.0600. The molecule has 1 saturated heterocycles. The normalized spacial score (nSPS) is 27.3. The van der Waals surface area contributed by atoms with Gasteiger partial charge in [0.25, 0.3) is 0 Å². The van der Waals surface area contributed by atoms with E-state index in [0.717, 1.165) is 12.8 Å². The molecule has 23 heavy (non-hydrogen) atoms. The molecule has 0 bridgehead atoms. The van der Waals surface area contributed by atoms with E-state index in [9.17, 15) is 13.2 Å². The van der Waals surface area contributed by atoms with Crippen molar-refractivity contribution in [3.05, 3.63) is 29.8 Å². The summed E-state index contributed by atoms with van der Waals surface area (Å²) in [5, 5.41) is 0. The van der Waals surface area contributed by atoms with Crippen LogP contribution in [0.15, 0.2) is 29.2 Å². The van der Waals surface area contributed by atoms with Crippen LogP contribution in [0.5, 0.6) is 0 Å². The molecule has 1 aromatic rings. The maximum Gasteiger partial charge on any atom is 0.337 e. The average Bonchev–Trinajstić information content (AvgIpc) is 3.09. The monoisotopic (exact) mass is 360 g/mol. The van der Waals surface area contributed by atoms with Gasteiger partial charge < -0.3 is 10.5 Å². The second-order valence-corrected chi connectivity index (χ2v) is 7.94. The van der Waals surface area contributed by atoms with Crippen LogP contribution in [0.25, 0.3) is 0 Å². The number of methoxy groups -OCH3 is 1. The molecule has 1 aliphatic carbocycles. The van der Waals surface area contributed by atoms with Gasteiger partial charge in [-0.15, -0.1) is 12.4 Å². The number of nitrogens with zero attached hydrogens (tertiary/aromatic N) is 1. The average molecular weight is 361 g/mol. The van der Waals surface area contributed by atoms with Gasteiger partial charge in [-0.3, -0.25) is 0 Å². The first-order valence-corrected chi connectivity index (χ1v) is 8.81. The predicted octanol–water partition coefficient (Wildman–Crippen LogP) is 1.25. The van der Waals surface area contributed by atoms with Gasteiger partial charge in [0.2, 0.25) is 10.0 Å². The zero-order valence-corrected chi connectivity index (χ0v) is 14.5. The smallest absolute Gasteiger partial charge is 0.337 e. The fourth-order valence-electron chi connectivity index (χ4n) is 3.51.